The van der Waals surface area contributed by atoms with Gasteiger partial charge in [-0.05, 0) is 109 Å². The van der Waals surface area contributed by atoms with Gasteiger partial charge in [0.1, 0.15) is 11.5 Å². The SMILES string of the molecule is C=CC(=O)OCCCCOc1ccc(/C=C/C(=O)Oc2ccc(SC(=O)/C=C/c3ccc(OCCCCOC(=O)C=C)c(OC)c3)cc2)cc1. The highest BCUT2D eigenvalue weighted by Crippen LogP contribution is 2.29. The van der Waals surface area contributed by atoms with E-state index >= 15 is 0 Å². The van der Waals surface area contributed by atoms with E-state index in [1.165, 1.54) is 19.3 Å². The van der Waals surface area contributed by atoms with Gasteiger partial charge in [-0.2, -0.15) is 0 Å². The smallest absolute Gasteiger partial charge is 0.336 e. The van der Waals surface area contributed by atoms with Gasteiger partial charge < -0.3 is 28.4 Å². The van der Waals surface area contributed by atoms with Crippen LogP contribution in [0.4, 0.5) is 0 Å². The van der Waals surface area contributed by atoms with Gasteiger partial charge in [-0.15, -0.1) is 0 Å². The number of benzene rings is 3. The molecule has 0 aromatic heterocycles. The minimum Gasteiger partial charge on any atom is -0.494 e. The summed E-state index contributed by atoms with van der Waals surface area (Å²) in [7, 11) is 1.54. The van der Waals surface area contributed by atoms with Gasteiger partial charge in [0.05, 0.1) is 33.5 Å². The number of methoxy groups -OCH3 is 1. The molecule has 262 valence electrons. The van der Waals surface area contributed by atoms with Crippen molar-refractivity contribution in [1.29, 1.82) is 0 Å². The fourth-order valence-corrected chi connectivity index (χ4v) is 4.67. The van der Waals surface area contributed by atoms with Gasteiger partial charge in [0.25, 0.3) is 0 Å². The Kier molecular flexibility index (Phi) is 17.2. The van der Waals surface area contributed by atoms with Crippen LogP contribution in [-0.4, -0.2) is 56.6 Å². The van der Waals surface area contributed by atoms with Crippen molar-refractivity contribution >= 4 is 46.9 Å². The Morgan fingerprint density at radius 3 is 1.80 bits per heavy atom. The lowest BCUT2D eigenvalue weighted by Crippen LogP contribution is -2.05. The molecule has 0 unspecified atom stereocenters. The van der Waals surface area contributed by atoms with Crippen LogP contribution in [0.3, 0.4) is 0 Å². The standard InChI is InChI=1S/C39H40O10S/c1-4-36(40)47-26-8-6-24-45-31-15-10-29(11-16-31)13-22-38(42)49-32-17-19-33(20-18-32)50-39(43)23-14-30-12-21-34(35(28-30)44-3)46-25-7-9-27-48-37(41)5-2/h4-5,10-23,28H,1-2,6-9,24-27H2,3H3/b22-13+,23-14+. The number of rotatable bonds is 21. The van der Waals surface area contributed by atoms with Crippen molar-refractivity contribution in [3.63, 3.8) is 0 Å². The number of esters is 3. The molecule has 0 aliphatic heterocycles. The summed E-state index contributed by atoms with van der Waals surface area (Å²) in [5, 5.41) is -0.183. The molecule has 50 heavy (non-hydrogen) atoms. The van der Waals surface area contributed by atoms with E-state index in [1.54, 1.807) is 60.7 Å². The molecule has 0 bridgehead atoms. The molecule has 3 rings (SSSR count). The Bertz CT molecular complexity index is 1640. The first-order chi connectivity index (χ1) is 24.3. The van der Waals surface area contributed by atoms with Gasteiger partial charge in [-0.3, -0.25) is 4.79 Å². The molecule has 0 heterocycles. The van der Waals surface area contributed by atoms with Crippen LogP contribution in [0.15, 0.2) is 109 Å². The van der Waals surface area contributed by atoms with E-state index in [2.05, 4.69) is 13.2 Å². The van der Waals surface area contributed by atoms with Crippen molar-refractivity contribution in [3.05, 3.63) is 115 Å². The Morgan fingerprint density at radius 1 is 0.620 bits per heavy atom. The van der Waals surface area contributed by atoms with Crippen molar-refractivity contribution in [2.75, 3.05) is 33.5 Å². The van der Waals surface area contributed by atoms with Crippen molar-refractivity contribution in [2.45, 2.75) is 30.6 Å². The van der Waals surface area contributed by atoms with Crippen LogP contribution in [0.25, 0.3) is 12.2 Å². The molecule has 3 aromatic carbocycles. The minimum absolute atomic E-state index is 0.183. The van der Waals surface area contributed by atoms with E-state index < -0.39 is 17.9 Å². The van der Waals surface area contributed by atoms with Crippen LogP contribution < -0.4 is 18.9 Å². The van der Waals surface area contributed by atoms with E-state index in [1.807, 2.05) is 18.2 Å². The predicted octanol–water partition coefficient (Wildman–Crippen LogP) is 7.42. The number of thioether (sulfide) groups is 1. The molecular weight excluding hydrogens is 660 g/mol. The molecule has 0 amide bonds. The second kappa shape index (κ2) is 22.2. The van der Waals surface area contributed by atoms with Crippen LogP contribution in [0.1, 0.15) is 36.8 Å². The van der Waals surface area contributed by atoms with E-state index in [-0.39, 0.29) is 5.12 Å². The lowest BCUT2D eigenvalue weighted by Gasteiger charge is -2.11. The molecular formula is C39H40O10S. The van der Waals surface area contributed by atoms with Crippen LogP contribution in [0.5, 0.6) is 23.0 Å². The molecule has 0 saturated heterocycles. The monoisotopic (exact) mass is 700 g/mol. The number of carbonyl (C=O) groups excluding carboxylic acids is 4. The molecule has 0 fully saturated rings. The third kappa shape index (κ3) is 15.1. The van der Waals surface area contributed by atoms with Crippen LogP contribution in [-0.2, 0) is 28.7 Å². The molecule has 0 atom stereocenters. The van der Waals surface area contributed by atoms with Crippen LogP contribution in [0.2, 0.25) is 0 Å². The molecule has 0 spiro atoms. The zero-order valence-electron chi connectivity index (χ0n) is 27.9. The van der Waals surface area contributed by atoms with Gasteiger partial charge in [0, 0.05) is 23.1 Å². The lowest BCUT2D eigenvalue weighted by atomic mass is 10.2. The Morgan fingerprint density at radius 2 is 1.18 bits per heavy atom. The fraction of sp³-hybridized carbons (Fsp3) is 0.231. The maximum atomic E-state index is 12.6. The van der Waals surface area contributed by atoms with Gasteiger partial charge in [-0.25, -0.2) is 14.4 Å². The maximum Gasteiger partial charge on any atom is 0.336 e. The zero-order valence-corrected chi connectivity index (χ0v) is 28.7. The predicted molar refractivity (Wildman–Crippen MR) is 192 cm³/mol. The molecule has 10 nitrogen and oxygen atoms in total. The molecule has 3 aromatic rings. The highest BCUT2D eigenvalue weighted by molar-refractivity contribution is 8.14. The summed E-state index contributed by atoms with van der Waals surface area (Å²) in [5.41, 5.74) is 1.56. The Balaban J connectivity index is 1.38. The summed E-state index contributed by atoms with van der Waals surface area (Å²) in [6.45, 7) is 8.24. The number of unbranched alkanes of at least 4 members (excludes halogenated alkanes) is 2. The summed E-state index contributed by atoms with van der Waals surface area (Å²) in [6, 6.07) is 19.3. The summed E-state index contributed by atoms with van der Waals surface area (Å²) in [5.74, 6) is 0.715. The van der Waals surface area contributed by atoms with E-state index in [4.69, 9.17) is 28.4 Å². The zero-order chi connectivity index (χ0) is 36.0. The van der Waals surface area contributed by atoms with Crippen molar-refractivity contribution in [1.82, 2.24) is 0 Å². The third-order valence-electron chi connectivity index (χ3n) is 6.58. The lowest BCUT2D eigenvalue weighted by molar-refractivity contribution is -0.138. The minimum atomic E-state index is -0.541. The van der Waals surface area contributed by atoms with E-state index in [0.29, 0.717) is 73.6 Å². The second-order valence-corrected chi connectivity index (χ2v) is 11.4. The first-order valence-electron chi connectivity index (χ1n) is 15.8. The summed E-state index contributed by atoms with van der Waals surface area (Å²) in [4.78, 5) is 47.7. The summed E-state index contributed by atoms with van der Waals surface area (Å²) < 4.78 is 32.2. The van der Waals surface area contributed by atoms with Gasteiger partial charge in [0.15, 0.2) is 11.5 Å². The maximum absolute atomic E-state index is 12.6. The topological polar surface area (TPSA) is 124 Å². The second-order valence-electron chi connectivity index (χ2n) is 10.3. The van der Waals surface area contributed by atoms with Crippen LogP contribution >= 0.6 is 11.8 Å². The average molecular weight is 701 g/mol. The fourth-order valence-electron chi connectivity index (χ4n) is 4.03. The molecule has 11 heteroatoms. The molecule has 0 aliphatic rings. The quantitative estimate of drug-likeness (QED) is 0.0363. The van der Waals surface area contributed by atoms with E-state index in [9.17, 15) is 19.2 Å². The highest BCUT2D eigenvalue weighted by Gasteiger charge is 2.08. The summed E-state index contributed by atoms with van der Waals surface area (Å²) in [6.07, 6.45) is 11.2. The first-order valence-corrected chi connectivity index (χ1v) is 16.6. The molecule has 0 N–H and O–H groups in total. The van der Waals surface area contributed by atoms with Crippen molar-refractivity contribution < 1.29 is 47.6 Å². The summed E-state index contributed by atoms with van der Waals surface area (Å²) >= 11 is 1.04. The average Bonchev–Trinajstić information content (AvgIpc) is 3.13. The van der Waals surface area contributed by atoms with Gasteiger partial charge in [-0.1, -0.05) is 37.4 Å². The van der Waals surface area contributed by atoms with Crippen molar-refractivity contribution in [2.24, 2.45) is 0 Å². The third-order valence-corrected chi connectivity index (χ3v) is 7.42. The number of hydrogen-bond donors (Lipinski definition) is 0. The van der Waals surface area contributed by atoms with E-state index in [0.717, 1.165) is 41.5 Å². The number of hydrogen-bond acceptors (Lipinski definition) is 11. The Hall–Kier alpha value is -5.55. The van der Waals surface area contributed by atoms with Gasteiger partial charge >= 0.3 is 17.9 Å². The van der Waals surface area contributed by atoms with Crippen molar-refractivity contribution in [3.8, 4) is 23.0 Å². The number of carbonyl (C=O) groups is 4. The number of ether oxygens (including phenoxy) is 6. The highest BCUT2D eigenvalue weighted by atomic mass is 32.2. The molecule has 0 saturated carbocycles. The normalized spacial score (nSPS) is 10.7. The van der Waals surface area contributed by atoms with Crippen LogP contribution in [0, 0.1) is 0 Å². The first kappa shape index (κ1) is 38.9. The van der Waals surface area contributed by atoms with Gasteiger partial charge in [0.2, 0.25) is 5.12 Å². The molecule has 0 aliphatic carbocycles. The Labute approximate surface area is 296 Å². The largest absolute Gasteiger partial charge is 0.494 e. The molecule has 0 radical (unpaired) electrons.